The van der Waals surface area contributed by atoms with Crippen LogP contribution < -0.4 is 10.2 Å². The van der Waals surface area contributed by atoms with Gasteiger partial charge in [-0.25, -0.2) is 0 Å². The van der Waals surface area contributed by atoms with Crippen molar-refractivity contribution >= 4 is 40.1 Å². The molecular formula is C15H16N2O3S. The number of nitrogens with one attached hydrogen (secondary N) is 1. The maximum Gasteiger partial charge on any atom is 0.228 e. The van der Waals surface area contributed by atoms with Crippen molar-refractivity contribution in [1.82, 2.24) is 0 Å². The molecule has 0 aliphatic carbocycles. The first-order valence-corrected chi connectivity index (χ1v) is 7.88. The first kappa shape index (κ1) is 14.1. The largest absolute Gasteiger partial charge is 0.326 e. The van der Waals surface area contributed by atoms with Gasteiger partial charge in [0, 0.05) is 37.0 Å². The van der Waals surface area contributed by atoms with Crippen LogP contribution in [0.5, 0.6) is 0 Å². The molecular weight excluding hydrogens is 288 g/mol. The molecule has 5 nitrogen and oxygen atoms in total. The van der Waals surface area contributed by atoms with Crippen LogP contribution in [0.2, 0.25) is 0 Å². The highest BCUT2D eigenvalue weighted by atomic mass is 32.2. The molecule has 1 saturated heterocycles. The molecule has 0 spiro atoms. The Hall–Kier alpha value is -1.82. The summed E-state index contributed by atoms with van der Waals surface area (Å²) in [6, 6.07) is 5.62. The standard InChI is InChI=1S/C15H16N2O3S/c1-9(18)21-8-10-4-15(20)17(7-10)12-2-3-13-11(5-12)6-14(19)16-13/h2-3,5,10H,4,6-8H2,1H3,(H,16,19). The van der Waals surface area contributed by atoms with Crippen molar-refractivity contribution in [3.8, 4) is 0 Å². The van der Waals surface area contributed by atoms with Gasteiger partial charge in [-0.1, -0.05) is 11.8 Å². The second kappa shape index (κ2) is 5.52. The molecule has 0 aromatic heterocycles. The molecule has 1 atom stereocenters. The normalized spacial score (nSPS) is 20.6. The van der Waals surface area contributed by atoms with Crippen LogP contribution in [-0.4, -0.2) is 29.2 Å². The molecule has 0 saturated carbocycles. The second-order valence-corrected chi connectivity index (χ2v) is 6.64. The van der Waals surface area contributed by atoms with Gasteiger partial charge in [0.15, 0.2) is 5.12 Å². The van der Waals surface area contributed by atoms with E-state index in [1.807, 2.05) is 18.2 Å². The van der Waals surface area contributed by atoms with Gasteiger partial charge >= 0.3 is 0 Å². The fourth-order valence-electron chi connectivity index (χ4n) is 2.76. The van der Waals surface area contributed by atoms with Crippen molar-refractivity contribution in [2.75, 3.05) is 22.5 Å². The zero-order valence-electron chi connectivity index (χ0n) is 11.7. The lowest BCUT2D eigenvalue weighted by Gasteiger charge is -2.17. The van der Waals surface area contributed by atoms with Crippen LogP contribution in [-0.2, 0) is 20.8 Å². The van der Waals surface area contributed by atoms with Crippen LogP contribution in [0.3, 0.4) is 0 Å². The highest BCUT2D eigenvalue weighted by molar-refractivity contribution is 8.13. The molecule has 110 valence electrons. The Labute approximate surface area is 127 Å². The Morgan fingerprint density at radius 1 is 1.43 bits per heavy atom. The van der Waals surface area contributed by atoms with Crippen molar-refractivity contribution in [3.05, 3.63) is 23.8 Å². The Morgan fingerprint density at radius 2 is 2.24 bits per heavy atom. The van der Waals surface area contributed by atoms with E-state index in [1.165, 1.54) is 11.8 Å². The van der Waals surface area contributed by atoms with Gasteiger partial charge in [-0.15, -0.1) is 0 Å². The predicted molar refractivity (Wildman–Crippen MR) is 82.4 cm³/mol. The summed E-state index contributed by atoms with van der Waals surface area (Å²) in [6.07, 6.45) is 0.851. The highest BCUT2D eigenvalue weighted by Crippen LogP contribution is 2.32. The summed E-state index contributed by atoms with van der Waals surface area (Å²) in [6.45, 7) is 2.18. The number of rotatable bonds is 3. The zero-order valence-corrected chi connectivity index (χ0v) is 12.5. The van der Waals surface area contributed by atoms with Gasteiger partial charge in [0.25, 0.3) is 0 Å². The maximum absolute atomic E-state index is 12.1. The van der Waals surface area contributed by atoms with Gasteiger partial charge in [0.2, 0.25) is 11.8 Å². The van der Waals surface area contributed by atoms with E-state index in [2.05, 4.69) is 5.32 Å². The molecule has 0 bridgehead atoms. The number of benzene rings is 1. The predicted octanol–water partition coefficient (Wildman–Crippen LogP) is 1.81. The third-order valence-electron chi connectivity index (χ3n) is 3.75. The summed E-state index contributed by atoms with van der Waals surface area (Å²) >= 11 is 1.28. The molecule has 6 heteroatoms. The molecule has 21 heavy (non-hydrogen) atoms. The fourth-order valence-corrected chi connectivity index (χ4v) is 3.46. The topological polar surface area (TPSA) is 66.5 Å². The third kappa shape index (κ3) is 2.95. The number of thioether (sulfide) groups is 1. The van der Waals surface area contributed by atoms with Gasteiger partial charge in [-0.3, -0.25) is 14.4 Å². The van der Waals surface area contributed by atoms with Crippen molar-refractivity contribution in [2.24, 2.45) is 5.92 Å². The van der Waals surface area contributed by atoms with Crippen LogP contribution in [0.4, 0.5) is 11.4 Å². The van der Waals surface area contributed by atoms with Gasteiger partial charge < -0.3 is 10.2 Å². The van der Waals surface area contributed by atoms with Crippen LogP contribution >= 0.6 is 11.8 Å². The molecule has 2 aliphatic rings. The summed E-state index contributed by atoms with van der Waals surface area (Å²) in [5.74, 6) is 0.967. The molecule has 0 radical (unpaired) electrons. The third-order valence-corrected chi connectivity index (χ3v) is 4.80. The van der Waals surface area contributed by atoms with E-state index in [9.17, 15) is 14.4 Å². The van der Waals surface area contributed by atoms with Crippen molar-refractivity contribution < 1.29 is 14.4 Å². The fraction of sp³-hybridized carbons (Fsp3) is 0.400. The minimum atomic E-state index is -0.00867. The Morgan fingerprint density at radius 3 is 3.00 bits per heavy atom. The summed E-state index contributed by atoms with van der Waals surface area (Å²) in [7, 11) is 0. The van der Waals surface area contributed by atoms with Crippen LogP contribution in [0, 0.1) is 5.92 Å². The van der Waals surface area contributed by atoms with E-state index in [0.717, 1.165) is 16.9 Å². The molecule has 1 N–H and O–H groups in total. The highest BCUT2D eigenvalue weighted by Gasteiger charge is 2.31. The molecule has 2 aliphatic heterocycles. The minimum Gasteiger partial charge on any atom is -0.326 e. The van der Waals surface area contributed by atoms with Gasteiger partial charge in [-0.05, 0) is 29.7 Å². The van der Waals surface area contributed by atoms with Crippen LogP contribution in [0.1, 0.15) is 18.9 Å². The number of amides is 2. The number of carbonyl (C=O) groups excluding carboxylic acids is 3. The van der Waals surface area contributed by atoms with Gasteiger partial charge in [-0.2, -0.15) is 0 Å². The van der Waals surface area contributed by atoms with E-state index >= 15 is 0 Å². The van der Waals surface area contributed by atoms with Crippen molar-refractivity contribution in [1.29, 1.82) is 0 Å². The Balaban J connectivity index is 1.73. The van der Waals surface area contributed by atoms with E-state index in [-0.39, 0.29) is 22.8 Å². The van der Waals surface area contributed by atoms with Gasteiger partial charge in [0.05, 0.1) is 6.42 Å². The lowest BCUT2D eigenvalue weighted by atomic mass is 10.1. The minimum absolute atomic E-state index is 0.00867. The first-order chi connectivity index (χ1) is 10.0. The molecule has 1 aromatic rings. The van der Waals surface area contributed by atoms with Gasteiger partial charge in [0.1, 0.15) is 0 Å². The number of hydrogen-bond acceptors (Lipinski definition) is 4. The molecule has 1 fully saturated rings. The average molecular weight is 304 g/mol. The number of hydrogen-bond donors (Lipinski definition) is 1. The van der Waals surface area contributed by atoms with E-state index in [0.29, 0.717) is 25.1 Å². The Kier molecular flexibility index (Phi) is 3.71. The van der Waals surface area contributed by atoms with Crippen molar-refractivity contribution in [2.45, 2.75) is 19.8 Å². The monoisotopic (exact) mass is 304 g/mol. The Bertz CT molecular complexity index is 629. The van der Waals surface area contributed by atoms with E-state index in [4.69, 9.17) is 0 Å². The van der Waals surface area contributed by atoms with Crippen LogP contribution in [0.15, 0.2) is 18.2 Å². The molecule has 1 aromatic carbocycles. The van der Waals surface area contributed by atoms with Crippen molar-refractivity contribution in [3.63, 3.8) is 0 Å². The summed E-state index contributed by atoms with van der Waals surface area (Å²) in [5.41, 5.74) is 2.61. The summed E-state index contributed by atoms with van der Waals surface area (Å²) < 4.78 is 0. The molecule has 1 unspecified atom stereocenters. The maximum atomic E-state index is 12.1. The average Bonchev–Trinajstić information content (AvgIpc) is 2.97. The lowest BCUT2D eigenvalue weighted by molar-refractivity contribution is -0.117. The number of anilines is 2. The van der Waals surface area contributed by atoms with E-state index < -0.39 is 0 Å². The smallest absolute Gasteiger partial charge is 0.228 e. The second-order valence-electron chi connectivity index (χ2n) is 5.44. The quantitative estimate of drug-likeness (QED) is 0.925. The summed E-state index contributed by atoms with van der Waals surface area (Å²) in [5, 5.41) is 2.87. The zero-order chi connectivity index (χ0) is 15.0. The SMILES string of the molecule is CC(=O)SCC1CC(=O)N(c2ccc3c(c2)CC(=O)N3)C1. The number of nitrogens with zero attached hydrogens (tertiary/aromatic N) is 1. The van der Waals surface area contributed by atoms with Crippen LogP contribution in [0.25, 0.3) is 0 Å². The number of carbonyl (C=O) groups is 3. The molecule has 3 rings (SSSR count). The summed E-state index contributed by atoms with van der Waals surface area (Å²) in [4.78, 5) is 36.3. The lowest BCUT2D eigenvalue weighted by Crippen LogP contribution is -2.24. The first-order valence-electron chi connectivity index (χ1n) is 6.89. The molecule has 2 amide bonds. The number of fused-ring (bicyclic) bond motifs is 1. The molecule has 2 heterocycles. The van der Waals surface area contributed by atoms with E-state index in [1.54, 1.807) is 11.8 Å².